The smallest absolute Gasteiger partial charge is 0.360 e. The van der Waals surface area contributed by atoms with Crippen molar-refractivity contribution < 1.29 is 9.53 Å². The molecule has 0 saturated heterocycles. The van der Waals surface area contributed by atoms with Gasteiger partial charge in [0.05, 0.1) is 12.9 Å². The van der Waals surface area contributed by atoms with Crippen molar-refractivity contribution >= 4 is 11.8 Å². The van der Waals surface area contributed by atoms with Gasteiger partial charge in [-0.3, -0.25) is 0 Å². The van der Waals surface area contributed by atoms with Gasteiger partial charge in [0.2, 0.25) is 0 Å². The molecule has 0 radical (unpaired) electrons. The second kappa shape index (κ2) is 5.21. The monoisotopic (exact) mass is 239 g/mol. The topological polar surface area (TPSA) is 70.1 Å². The number of nitrogen functional groups attached to an aromatic ring is 1. The number of rotatable bonds is 4. The number of nitrogens with zero attached hydrogens (tertiary/aromatic N) is 2. The molecular formula is C12H21N3O2. The Kier molecular flexibility index (Phi) is 4.15. The van der Waals surface area contributed by atoms with Gasteiger partial charge in [-0.15, -0.1) is 0 Å². The number of esters is 1. The molecular weight excluding hydrogens is 218 g/mol. The molecule has 1 rings (SSSR count). The molecule has 5 heteroatoms. The van der Waals surface area contributed by atoms with E-state index in [0.717, 1.165) is 13.0 Å². The minimum atomic E-state index is -0.459. The van der Waals surface area contributed by atoms with Crippen LogP contribution in [0.2, 0.25) is 0 Å². The Morgan fingerprint density at radius 2 is 2.18 bits per heavy atom. The van der Waals surface area contributed by atoms with Crippen molar-refractivity contribution in [3.63, 3.8) is 0 Å². The minimum Gasteiger partial charge on any atom is -0.461 e. The molecule has 0 bridgehead atoms. The molecule has 96 valence electrons. The molecule has 0 aliphatic rings. The third-order valence-electron chi connectivity index (χ3n) is 2.45. The fourth-order valence-electron chi connectivity index (χ4n) is 1.38. The van der Waals surface area contributed by atoms with Crippen LogP contribution in [0.3, 0.4) is 0 Å². The van der Waals surface area contributed by atoms with Crippen LogP contribution < -0.4 is 5.73 Å². The number of aryl methyl sites for hydroxylation is 1. The lowest BCUT2D eigenvalue weighted by Crippen LogP contribution is -2.13. The Bertz CT molecular complexity index is 391. The SMILES string of the molecule is CCOC(=O)c1ncn(CCC(C)(C)C)c1N. The maximum absolute atomic E-state index is 11.5. The van der Waals surface area contributed by atoms with E-state index in [2.05, 4.69) is 25.8 Å². The Labute approximate surface area is 102 Å². The quantitative estimate of drug-likeness (QED) is 0.817. The molecule has 0 fully saturated rings. The van der Waals surface area contributed by atoms with E-state index in [0.29, 0.717) is 12.4 Å². The van der Waals surface area contributed by atoms with E-state index < -0.39 is 5.97 Å². The van der Waals surface area contributed by atoms with Crippen LogP contribution in [0.5, 0.6) is 0 Å². The molecule has 1 aromatic heterocycles. The fraction of sp³-hybridized carbons (Fsp3) is 0.667. The second-order valence-corrected chi connectivity index (χ2v) is 5.20. The average Bonchev–Trinajstić information content (AvgIpc) is 2.56. The molecule has 0 unspecified atom stereocenters. The molecule has 0 aromatic carbocycles. The number of hydrogen-bond acceptors (Lipinski definition) is 4. The first-order valence-corrected chi connectivity index (χ1v) is 5.83. The van der Waals surface area contributed by atoms with E-state index in [1.165, 1.54) is 0 Å². The average molecular weight is 239 g/mol. The van der Waals surface area contributed by atoms with Crippen molar-refractivity contribution in [3.05, 3.63) is 12.0 Å². The number of nitrogens with two attached hydrogens (primary N) is 1. The standard InChI is InChI=1S/C12H21N3O2/c1-5-17-11(16)9-10(13)15(8-14-9)7-6-12(2,3)4/h8H,5-7,13H2,1-4H3. The van der Waals surface area contributed by atoms with Crippen molar-refractivity contribution in [1.82, 2.24) is 9.55 Å². The van der Waals surface area contributed by atoms with E-state index in [-0.39, 0.29) is 11.1 Å². The van der Waals surface area contributed by atoms with Crippen molar-refractivity contribution in [2.45, 2.75) is 40.7 Å². The van der Waals surface area contributed by atoms with Gasteiger partial charge in [-0.1, -0.05) is 20.8 Å². The molecule has 0 aliphatic heterocycles. The van der Waals surface area contributed by atoms with Crippen LogP contribution in [-0.2, 0) is 11.3 Å². The van der Waals surface area contributed by atoms with Gasteiger partial charge in [-0.25, -0.2) is 9.78 Å². The first kappa shape index (κ1) is 13.5. The van der Waals surface area contributed by atoms with Crippen LogP contribution in [0.1, 0.15) is 44.6 Å². The predicted octanol–water partition coefficient (Wildman–Crippen LogP) is 2.08. The number of imidazole rings is 1. The number of carbonyl (C=O) groups excluding carboxylic acids is 1. The molecule has 1 heterocycles. The van der Waals surface area contributed by atoms with Crippen molar-refractivity contribution in [2.75, 3.05) is 12.3 Å². The summed E-state index contributed by atoms with van der Waals surface area (Å²) in [4.78, 5) is 15.5. The van der Waals surface area contributed by atoms with Crippen LogP contribution >= 0.6 is 0 Å². The van der Waals surface area contributed by atoms with E-state index in [9.17, 15) is 4.79 Å². The summed E-state index contributed by atoms with van der Waals surface area (Å²) in [5, 5.41) is 0. The highest BCUT2D eigenvalue weighted by Gasteiger charge is 2.18. The summed E-state index contributed by atoms with van der Waals surface area (Å²) in [5.41, 5.74) is 6.30. The van der Waals surface area contributed by atoms with Crippen LogP contribution in [0.4, 0.5) is 5.82 Å². The Morgan fingerprint density at radius 1 is 1.53 bits per heavy atom. The number of ether oxygens (including phenoxy) is 1. The molecule has 1 aromatic rings. The van der Waals surface area contributed by atoms with Gasteiger partial charge < -0.3 is 15.0 Å². The molecule has 0 saturated carbocycles. The second-order valence-electron chi connectivity index (χ2n) is 5.20. The van der Waals surface area contributed by atoms with E-state index in [4.69, 9.17) is 10.5 Å². The molecule has 0 aliphatic carbocycles. The third-order valence-corrected chi connectivity index (χ3v) is 2.45. The Balaban J connectivity index is 2.74. The van der Waals surface area contributed by atoms with Crippen LogP contribution in [0.25, 0.3) is 0 Å². The maximum Gasteiger partial charge on any atom is 0.360 e. The summed E-state index contributed by atoms with van der Waals surface area (Å²) >= 11 is 0. The van der Waals surface area contributed by atoms with Gasteiger partial charge in [0.1, 0.15) is 5.82 Å². The van der Waals surface area contributed by atoms with Gasteiger partial charge in [0, 0.05) is 6.54 Å². The lowest BCUT2D eigenvalue weighted by atomic mass is 9.92. The van der Waals surface area contributed by atoms with Gasteiger partial charge in [-0.05, 0) is 18.8 Å². The van der Waals surface area contributed by atoms with E-state index >= 15 is 0 Å². The molecule has 0 atom stereocenters. The predicted molar refractivity (Wildman–Crippen MR) is 66.7 cm³/mol. The van der Waals surface area contributed by atoms with Gasteiger partial charge in [-0.2, -0.15) is 0 Å². The van der Waals surface area contributed by atoms with Crippen molar-refractivity contribution in [1.29, 1.82) is 0 Å². The first-order chi connectivity index (χ1) is 7.85. The molecule has 0 amide bonds. The first-order valence-electron chi connectivity index (χ1n) is 5.83. The fourth-order valence-corrected chi connectivity index (χ4v) is 1.38. The van der Waals surface area contributed by atoms with E-state index in [1.807, 2.05) is 0 Å². The Morgan fingerprint density at radius 3 is 2.71 bits per heavy atom. The van der Waals surface area contributed by atoms with Crippen LogP contribution in [-0.4, -0.2) is 22.1 Å². The summed E-state index contributed by atoms with van der Waals surface area (Å²) < 4.78 is 6.66. The molecule has 0 spiro atoms. The van der Waals surface area contributed by atoms with Crippen LogP contribution in [0.15, 0.2) is 6.33 Å². The highest BCUT2D eigenvalue weighted by molar-refractivity contribution is 5.92. The summed E-state index contributed by atoms with van der Waals surface area (Å²) in [6.07, 6.45) is 2.56. The maximum atomic E-state index is 11.5. The third kappa shape index (κ3) is 3.76. The largest absolute Gasteiger partial charge is 0.461 e. The number of aromatic nitrogens is 2. The van der Waals surface area contributed by atoms with Crippen molar-refractivity contribution in [3.8, 4) is 0 Å². The highest BCUT2D eigenvalue weighted by Crippen LogP contribution is 2.21. The van der Waals surface area contributed by atoms with E-state index in [1.54, 1.807) is 17.8 Å². The number of anilines is 1. The lowest BCUT2D eigenvalue weighted by Gasteiger charge is -2.18. The zero-order valence-corrected chi connectivity index (χ0v) is 11.0. The summed E-state index contributed by atoms with van der Waals surface area (Å²) in [7, 11) is 0. The molecule has 2 N–H and O–H groups in total. The highest BCUT2D eigenvalue weighted by atomic mass is 16.5. The Hall–Kier alpha value is -1.52. The molecule has 5 nitrogen and oxygen atoms in total. The van der Waals surface area contributed by atoms with Gasteiger partial charge >= 0.3 is 5.97 Å². The van der Waals surface area contributed by atoms with Gasteiger partial charge in [0.15, 0.2) is 5.69 Å². The minimum absolute atomic E-state index is 0.209. The summed E-state index contributed by atoms with van der Waals surface area (Å²) in [6.45, 7) is 9.31. The number of hydrogen-bond donors (Lipinski definition) is 1. The summed E-state index contributed by atoms with van der Waals surface area (Å²) in [5.74, 6) is -0.0767. The van der Waals surface area contributed by atoms with Crippen molar-refractivity contribution in [2.24, 2.45) is 5.41 Å². The number of carbonyl (C=O) groups is 1. The van der Waals surface area contributed by atoms with Crippen LogP contribution in [0, 0.1) is 5.41 Å². The lowest BCUT2D eigenvalue weighted by molar-refractivity contribution is 0.0521. The normalized spacial score (nSPS) is 11.5. The zero-order valence-electron chi connectivity index (χ0n) is 11.0. The van der Waals surface area contributed by atoms with Gasteiger partial charge in [0.25, 0.3) is 0 Å². The zero-order chi connectivity index (χ0) is 13.1. The summed E-state index contributed by atoms with van der Waals surface area (Å²) in [6, 6.07) is 0. The molecule has 17 heavy (non-hydrogen) atoms.